The molecule has 2 aromatic heterocycles. The minimum atomic E-state index is 0.364. The molecule has 2 aromatic carbocycles. The SMILES string of the molecule is CC(C)c1cccc(C(C)C)c1-n1nnnc1-c1cccc2ncn(C)c12. The monoisotopic (exact) mass is 360 g/mol. The van der Waals surface area contributed by atoms with E-state index >= 15 is 0 Å². The largest absolute Gasteiger partial charge is 0.333 e. The number of aryl methyl sites for hydroxylation is 1. The van der Waals surface area contributed by atoms with Gasteiger partial charge in [0.2, 0.25) is 0 Å². The number of imidazole rings is 1. The summed E-state index contributed by atoms with van der Waals surface area (Å²) in [6.45, 7) is 8.81. The second-order valence-corrected chi connectivity index (χ2v) is 7.54. The van der Waals surface area contributed by atoms with Gasteiger partial charge < -0.3 is 4.57 Å². The van der Waals surface area contributed by atoms with Gasteiger partial charge in [0.15, 0.2) is 5.82 Å². The molecule has 0 saturated carbocycles. The van der Waals surface area contributed by atoms with Gasteiger partial charge in [0.05, 0.1) is 23.0 Å². The molecule has 0 N–H and O–H groups in total. The van der Waals surface area contributed by atoms with Crippen LogP contribution in [0.25, 0.3) is 28.1 Å². The number of hydrogen-bond acceptors (Lipinski definition) is 4. The van der Waals surface area contributed by atoms with Crippen molar-refractivity contribution >= 4 is 11.0 Å². The molecule has 0 amide bonds. The molecule has 27 heavy (non-hydrogen) atoms. The van der Waals surface area contributed by atoms with Crippen molar-refractivity contribution in [2.75, 3.05) is 0 Å². The lowest BCUT2D eigenvalue weighted by atomic mass is 9.92. The number of tetrazole rings is 1. The Morgan fingerprint density at radius 3 is 2.22 bits per heavy atom. The third-order valence-electron chi connectivity index (χ3n) is 5.00. The summed E-state index contributed by atoms with van der Waals surface area (Å²) in [6, 6.07) is 12.5. The van der Waals surface area contributed by atoms with Gasteiger partial charge in [-0.1, -0.05) is 52.0 Å². The van der Waals surface area contributed by atoms with Gasteiger partial charge in [0.1, 0.15) is 0 Å². The van der Waals surface area contributed by atoms with E-state index in [0.29, 0.717) is 11.8 Å². The lowest BCUT2D eigenvalue weighted by Gasteiger charge is -2.20. The summed E-state index contributed by atoms with van der Waals surface area (Å²) in [5.74, 6) is 1.46. The first-order chi connectivity index (χ1) is 13.0. The number of rotatable bonds is 4. The van der Waals surface area contributed by atoms with E-state index in [1.807, 2.05) is 34.8 Å². The number of hydrogen-bond donors (Lipinski definition) is 0. The third-order valence-corrected chi connectivity index (χ3v) is 5.00. The Bertz CT molecular complexity index is 1080. The van der Waals surface area contributed by atoms with Crippen LogP contribution < -0.4 is 0 Å². The van der Waals surface area contributed by atoms with Crippen LogP contribution in [0, 0.1) is 0 Å². The van der Waals surface area contributed by atoms with Crippen LogP contribution in [0.5, 0.6) is 0 Å². The lowest BCUT2D eigenvalue weighted by Crippen LogP contribution is -2.10. The van der Waals surface area contributed by atoms with Crippen LogP contribution in [0.15, 0.2) is 42.7 Å². The number of aromatic nitrogens is 6. The summed E-state index contributed by atoms with van der Waals surface area (Å²) in [4.78, 5) is 4.47. The highest BCUT2D eigenvalue weighted by Gasteiger charge is 2.22. The molecule has 6 nitrogen and oxygen atoms in total. The summed E-state index contributed by atoms with van der Waals surface area (Å²) >= 11 is 0. The Kier molecular flexibility index (Phi) is 4.26. The molecule has 2 heterocycles. The fourth-order valence-corrected chi connectivity index (χ4v) is 3.66. The minimum Gasteiger partial charge on any atom is -0.333 e. The van der Waals surface area contributed by atoms with Gasteiger partial charge in [-0.3, -0.25) is 0 Å². The van der Waals surface area contributed by atoms with E-state index in [1.165, 1.54) is 11.1 Å². The van der Waals surface area contributed by atoms with E-state index in [4.69, 9.17) is 0 Å². The predicted octanol–water partition coefficient (Wildman–Crippen LogP) is 4.46. The van der Waals surface area contributed by atoms with Crippen molar-refractivity contribution in [3.05, 3.63) is 53.9 Å². The molecule has 0 unspecified atom stereocenters. The normalized spacial score (nSPS) is 11.8. The Balaban J connectivity index is 2.03. The molecular formula is C21H24N6. The third kappa shape index (κ3) is 2.81. The quantitative estimate of drug-likeness (QED) is 0.539. The van der Waals surface area contributed by atoms with Gasteiger partial charge in [-0.2, -0.15) is 4.68 Å². The number of nitrogens with zero attached hydrogens (tertiary/aromatic N) is 6. The first-order valence-electron chi connectivity index (χ1n) is 9.31. The van der Waals surface area contributed by atoms with Crippen molar-refractivity contribution in [2.45, 2.75) is 39.5 Å². The van der Waals surface area contributed by atoms with Crippen molar-refractivity contribution in [1.29, 1.82) is 0 Å². The molecule has 138 valence electrons. The van der Waals surface area contributed by atoms with E-state index in [9.17, 15) is 0 Å². The van der Waals surface area contributed by atoms with Crippen LogP contribution in [0.2, 0.25) is 0 Å². The molecule has 4 rings (SSSR count). The molecule has 0 atom stereocenters. The number of fused-ring (bicyclic) bond motifs is 1. The second kappa shape index (κ2) is 6.61. The van der Waals surface area contributed by atoms with E-state index in [2.05, 4.69) is 72.5 Å². The van der Waals surface area contributed by atoms with Crippen LogP contribution in [0.3, 0.4) is 0 Å². The van der Waals surface area contributed by atoms with Crippen molar-refractivity contribution in [2.24, 2.45) is 7.05 Å². The molecule has 4 aromatic rings. The van der Waals surface area contributed by atoms with Crippen molar-refractivity contribution < 1.29 is 0 Å². The van der Waals surface area contributed by atoms with Crippen LogP contribution in [0.4, 0.5) is 0 Å². The fourth-order valence-electron chi connectivity index (χ4n) is 3.66. The van der Waals surface area contributed by atoms with E-state index in [1.54, 1.807) is 0 Å². The maximum Gasteiger partial charge on any atom is 0.189 e. The molecule has 0 aliphatic carbocycles. The van der Waals surface area contributed by atoms with Gasteiger partial charge >= 0.3 is 0 Å². The van der Waals surface area contributed by atoms with Gasteiger partial charge in [-0.05, 0) is 45.5 Å². The number of benzene rings is 2. The average molecular weight is 360 g/mol. The van der Waals surface area contributed by atoms with E-state index in [0.717, 1.165) is 28.1 Å². The Hall–Kier alpha value is -3.02. The van der Waals surface area contributed by atoms with Crippen LogP contribution in [-0.2, 0) is 7.05 Å². The maximum atomic E-state index is 4.47. The lowest BCUT2D eigenvalue weighted by molar-refractivity contribution is 0.740. The fraction of sp³-hybridized carbons (Fsp3) is 0.333. The Morgan fingerprint density at radius 1 is 0.889 bits per heavy atom. The Labute approximate surface area is 158 Å². The maximum absolute atomic E-state index is 4.47. The molecule has 0 aliphatic rings. The van der Waals surface area contributed by atoms with Gasteiger partial charge in [-0.25, -0.2) is 4.98 Å². The zero-order chi connectivity index (χ0) is 19.1. The molecule has 0 saturated heterocycles. The summed E-state index contributed by atoms with van der Waals surface area (Å²) in [5, 5.41) is 12.8. The average Bonchev–Trinajstić information content (AvgIpc) is 3.28. The standard InChI is InChI=1S/C21H24N6/c1-13(2)15-8-6-9-16(14(3)4)19(15)27-21(23-24-25-27)17-10-7-11-18-20(17)26(5)12-22-18/h6-14H,1-5H3. The highest BCUT2D eigenvalue weighted by Crippen LogP contribution is 2.34. The topological polar surface area (TPSA) is 61.4 Å². The predicted molar refractivity (Wildman–Crippen MR) is 107 cm³/mol. The second-order valence-electron chi connectivity index (χ2n) is 7.54. The minimum absolute atomic E-state index is 0.364. The first kappa shape index (κ1) is 17.4. The highest BCUT2D eigenvalue weighted by molar-refractivity contribution is 5.90. The van der Waals surface area contributed by atoms with Crippen molar-refractivity contribution in [3.63, 3.8) is 0 Å². The first-order valence-corrected chi connectivity index (χ1v) is 9.31. The molecule has 0 spiro atoms. The zero-order valence-corrected chi connectivity index (χ0v) is 16.4. The molecule has 0 fully saturated rings. The van der Waals surface area contributed by atoms with E-state index in [-0.39, 0.29) is 0 Å². The van der Waals surface area contributed by atoms with Gasteiger partial charge in [-0.15, -0.1) is 5.10 Å². The van der Waals surface area contributed by atoms with Crippen LogP contribution in [-0.4, -0.2) is 29.8 Å². The summed E-state index contributed by atoms with van der Waals surface area (Å²) in [5.41, 5.74) is 6.51. The molecule has 6 heteroatoms. The molecule has 0 radical (unpaired) electrons. The van der Waals surface area contributed by atoms with Crippen LogP contribution in [0.1, 0.15) is 50.7 Å². The van der Waals surface area contributed by atoms with E-state index < -0.39 is 0 Å². The zero-order valence-electron chi connectivity index (χ0n) is 16.4. The van der Waals surface area contributed by atoms with Gasteiger partial charge in [0, 0.05) is 12.6 Å². The molecule has 0 bridgehead atoms. The van der Waals surface area contributed by atoms with Crippen molar-refractivity contribution in [3.8, 4) is 17.1 Å². The number of para-hydroxylation sites is 2. The summed E-state index contributed by atoms with van der Waals surface area (Å²) in [6.07, 6.45) is 1.82. The van der Waals surface area contributed by atoms with Crippen LogP contribution >= 0.6 is 0 Å². The molecular weight excluding hydrogens is 336 g/mol. The Morgan fingerprint density at radius 2 is 1.56 bits per heavy atom. The molecule has 0 aliphatic heterocycles. The summed E-state index contributed by atoms with van der Waals surface area (Å²) < 4.78 is 3.91. The smallest absolute Gasteiger partial charge is 0.189 e. The van der Waals surface area contributed by atoms with Gasteiger partial charge in [0.25, 0.3) is 0 Å². The highest BCUT2D eigenvalue weighted by atomic mass is 15.5. The summed E-state index contributed by atoms with van der Waals surface area (Å²) in [7, 11) is 1.99. The van der Waals surface area contributed by atoms with Crippen molar-refractivity contribution in [1.82, 2.24) is 29.8 Å².